The van der Waals surface area contributed by atoms with E-state index in [2.05, 4.69) is 28.9 Å². The number of hydrogen-bond donors (Lipinski definition) is 0. The maximum atomic E-state index is 5.75. The van der Waals surface area contributed by atoms with Crippen molar-refractivity contribution in [3.63, 3.8) is 0 Å². The lowest BCUT2D eigenvalue weighted by Crippen LogP contribution is -2.07. The maximum absolute atomic E-state index is 5.75. The second-order valence-electron chi connectivity index (χ2n) is 4.37. The van der Waals surface area contributed by atoms with E-state index >= 15 is 0 Å². The van der Waals surface area contributed by atoms with Crippen molar-refractivity contribution in [2.24, 2.45) is 0 Å². The van der Waals surface area contributed by atoms with Crippen molar-refractivity contribution in [3.05, 3.63) is 23.3 Å². The Morgan fingerprint density at radius 1 is 1.05 bits per heavy atom. The van der Waals surface area contributed by atoms with Crippen LogP contribution in [0.3, 0.4) is 0 Å². The molecule has 20 heavy (non-hydrogen) atoms. The van der Waals surface area contributed by atoms with E-state index in [4.69, 9.17) is 18.9 Å². The Hall–Kier alpha value is -0.780. The fourth-order valence-corrected chi connectivity index (χ4v) is 2.44. The molecule has 0 aliphatic carbocycles. The Labute approximate surface area is 129 Å². The first-order chi connectivity index (χ1) is 9.78. The Balaban J connectivity index is 3.05. The first-order valence-electron chi connectivity index (χ1n) is 6.72. The monoisotopic (exact) mass is 346 g/mol. The highest BCUT2D eigenvalue weighted by Crippen LogP contribution is 2.35. The van der Waals surface area contributed by atoms with Gasteiger partial charge in [-0.15, -0.1) is 0 Å². The van der Waals surface area contributed by atoms with E-state index in [0.717, 1.165) is 36.3 Å². The van der Waals surface area contributed by atoms with E-state index in [1.165, 1.54) is 5.56 Å². The Bertz CT molecular complexity index is 396. The summed E-state index contributed by atoms with van der Waals surface area (Å²) in [6.07, 6.45) is 3.26. The lowest BCUT2D eigenvalue weighted by molar-refractivity contribution is 0.0445. The minimum absolute atomic E-state index is 0.220. The van der Waals surface area contributed by atoms with Crippen molar-refractivity contribution in [2.45, 2.75) is 31.5 Å². The molecule has 0 fully saturated rings. The van der Waals surface area contributed by atoms with E-state index < -0.39 is 0 Å². The SMILES string of the molecule is CCCCc1ccc(OCOC)c(CBr)c1OCOC. The van der Waals surface area contributed by atoms with Gasteiger partial charge in [0.15, 0.2) is 13.6 Å². The Morgan fingerprint density at radius 3 is 2.35 bits per heavy atom. The van der Waals surface area contributed by atoms with Crippen LogP contribution in [0.15, 0.2) is 12.1 Å². The summed E-state index contributed by atoms with van der Waals surface area (Å²) < 4.78 is 21.3. The number of ether oxygens (including phenoxy) is 4. The lowest BCUT2D eigenvalue weighted by atomic mass is 10.0. The van der Waals surface area contributed by atoms with E-state index in [0.29, 0.717) is 5.33 Å². The van der Waals surface area contributed by atoms with Gasteiger partial charge >= 0.3 is 0 Å². The van der Waals surface area contributed by atoms with Crippen molar-refractivity contribution in [2.75, 3.05) is 27.8 Å². The van der Waals surface area contributed by atoms with Crippen molar-refractivity contribution in [1.29, 1.82) is 0 Å². The number of alkyl halides is 1. The summed E-state index contributed by atoms with van der Waals surface area (Å²) in [5.74, 6) is 1.63. The van der Waals surface area contributed by atoms with Gasteiger partial charge in [0.2, 0.25) is 0 Å². The molecule has 0 amide bonds. The Morgan fingerprint density at radius 2 is 1.75 bits per heavy atom. The van der Waals surface area contributed by atoms with Gasteiger partial charge in [-0.2, -0.15) is 0 Å². The number of unbranched alkanes of at least 4 members (excludes halogenated alkanes) is 1. The van der Waals surface area contributed by atoms with Crippen LogP contribution in [0.25, 0.3) is 0 Å². The topological polar surface area (TPSA) is 36.9 Å². The number of benzene rings is 1. The largest absolute Gasteiger partial charge is 0.467 e. The molecule has 1 aromatic rings. The van der Waals surface area contributed by atoms with Crippen LogP contribution in [0.2, 0.25) is 0 Å². The molecule has 0 radical (unpaired) electrons. The van der Waals surface area contributed by atoms with Crippen LogP contribution < -0.4 is 9.47 Å². The van der Waals surface area contributed by atoms with Gasteiger partial charge in [-0.3, -0.25) is 0 Å². The highest BCUT2D eigenvalue weighted by atomic mass is 79.9. The molecule has 1 aromatic carbocycles. The molecule has 0 aliphatic rings. The third-order valence-corrected chi connectivity index (χ3v) is 3.45. The summed E-state index contributed by atoms with van der Waals surface area (Å²) >= 11 is 3.50. The van der Waals surface area contributed by atoms with Gasteiger partial charge in [-0.1, -0.05) is 35.3 Å². The zero-order valence-electron chi connectivity index (χ0n) is 12.4. The molecular weight excluding hydrogens is 324 g/mol. The number of methoxy groups -OCH3 is 2. The average Bonchev–Trinajstić information content (AvgIpc) is 2.48. The second kappa shape index (κ2) is 10.0. The third kappa shape index (κ3) is 4.96. The van der Waals surface area contributed by atoms with Crippen molar-refractivity contribution >= 4 is 15.9 Å². The molecule has 0 N–H and O–H groups in total. The molecular formula is C15H23BrO4. The normalized spacial score (nSPS) is 10.6. The van der Waals surface area contributed by atoms with Gasteiger partial charge in [-0.25, -0.2) is 0 Å². The summed E-state index contributed by atoms with van der Waals surface area (Å²) in [4.78, 5) is 0. The molecule has 0 saturated carbocycles. The molecule has 0 spiro atoms. The maximum Gasteiger partial charge on any atom is 0.188 e. The smallest absolute Gasteiger partial charge is 0.188 e. The predicted octanol–water partition coefficient (Wildman–Crippen LogP) is 3.89. The standard InChI is InChI=1S/C15H23BrO4/c1-4-5-6-12-7-8-14(19-10-17-2)13(9-16)15(12)20-11-18-3/h7-8H,4-6,9-11H2,1-3H3. The van der Waals surface area contributed by atoms with Crippen molar-refractivity contribution in [1.82, 2.24) is 0 Å². The molecule has 0 aliphatic heterocycles. The third-order valence-electron chi connectivity index (χ3n) is 2.89. The summed E-state index contributed by atoms with van der Waals surface area (Å²) in [5, 5.41) is 0.658. The van der Waals surface area contributed by atoms with E-state index in [-0.39, 0.29) is 13.6 Å². The number of rotatable bonds is 10. The summed E-state index contributed by atoms with van der Waals surface area (Å²) in [5.41, 5.74) is 2.18. The molecule has 4 nitrogen and oxygen atoms in total. The van der Waals surface area contributed by atoms with Gasteiger partial charge in [0.25, 0.3) is 0 Å². The molecule has 0 unspecified atom stereocenters. The van der Waals surface area contributed by atoms with Gasteiger partial charge in [-0.05, 0) is 24.5 Å². The molecule has 5 heteroatoms. The number of halogens is 1. The minimum atomic E-state index is 0.220. The highest BCUT2D eigenvalue weighted by molar-refractivity contribution is 9.08. The first-order valence-corrected chi connectivity index (χ1v) is 7.84. The van der Waals surface area contributed by atoms with Gasteiger partial charge in [0.05, 0.1) is 0 Å². The zero-order chi connectivity index (χ0) is 14.8. The van der Waals surface area contributed by atoms with E-state index in [1.54, 1.807) is 14.2 Å². The number of hydrogen-bond acceptors (Lipinski definition) is 4. The molecule has 114 valence electrons. The molecule has 0 bridgehead atoms. The van der Waals surface area contributed by atoms with Crippen molar-refractivity contribution in [3.8, 4) is 11.5 Å². The fourth-order valence-electron chi connectivity index (χ4n) is 1.90. The van der Waals surface area contributed by atoms with Gasteiger partial charge in [0, 0.05) is 25.1 Å². The predicted molar refractivity (Wildman–Crippen MR) is 82.7 cm³/mol. The minimum Gasteiger partial charge on any atom is -0.467 e. The fraction of sp³-hybridized carbons (Fsp3) is 0.600. The molecule has 0 heterocycles. The molecule has 0 aromatic heterocycles. The molecule has 0 atom stereocenters. The summed E-state index contributed by atoms with van der Waals surface area (Å²) in [6, 6.07) is 4.03. The van der Waals surface area contributed by atoms with E-state index in [9.17, 15) is 0 Å². The van der Waals surface area contributed by atoms with Gasteiger partial charge in [0.1, 0.15) is 11.5 Å². The second-order valence-corrected chi connectivity index (χ2v) is 4.93. The number of aryl methyl sites for hydroxylation is 1. The van der Waals surface area contributed by atoms with E-state index in [1.807, 2.05) is 6.07 Å². The van der Waals surface area contributed by atoms with Crippen LogP contribution in [0.1, 0.15) is 30.9 Å². The quantitative estimate of drug-likeness (QED) is 0.475. The average molecular weight is 347 g/mol. The van der Waals surface area contributed by atoms with Crippen LogP contribution in [-0.2, 0) is 21.2 Å². The molecule has 1 rings (SSSR count). The first kappa shape index (κ1) is 17.3. The van der Waals surface area contributed by atoms with Crippen LogP contribution in [0.5, 0.6) is 11.5 Å². The van der Waals surface area contributed by atoms with Crippen LogP contribution in [-0.4, -0.2) is 27.8 Å². The lowest BCUT2D eigenvalue weighted by Gasteiger charge is -2.18. The summed E-state index contributed by atoms with van der Waals surface area (Å²) in [7, 11) is 3.22. The van der Waals surface area contributed by atoms with Crippen LogP contribution in [0, 0.1) is 0 Å². The highest BCUT2D eigenvalue weighted by Gasteiger charge is 2.15. The van der Waals surface area contributed by atoms with Crippen LogP contribution in [0.4, 0.5) is 0 Å². The Kier molecular flexibility index (Phi) is 8.65. The van der Waals surface area contributed by atoms with Crippen LogP contribution >= 0.6 is 15.9 Å². The molecule has 0 saturated heterocycles. The zero-order valence-corrected chi connectivity index (χ0v) is 14.0. The summed E-state index contributed by atoms with van der Waals surface area (Å²) in [6.45, 7) is 2.63. The van der Waals surface area contributed by atoms with Crippen molar-refractivity contribution < 1.29 is 18.9 Å². The van der Waals surface area contributed by atoms with Gasteiger partial charge < -0.3 is 18.9 Å².